The van der Waals surface area contributed by atoms with Crippen LogP contribution in [0.3, 0.4) is 0 Å². The molecule has 0 aliphatic heterocycles. The van der Waals surface area contributed by atoms with Crippen molar-refractivity contribution in [3.8, 4) is 0 Å². The SMILES string of the molecule is C=C(N)c1cc(C(=O)C(F)F)n(C)c1Nc1ccc(I)cc1F. The predicted octanol–water partition coefficient (Wildman–Crippen LogP) is 3.89. The molecule has 3 N–H and O–H groups in total. The van der Waals surface area contributed by atoms with Crippen LogP contribution < -0.4 is 11.1 Å². The van der Waals surface area contributed by atoms with Crippen molar-refractivity contribution in [3.63, 3.8) is 0 Å². The molecule has 0 spiro atoms. The standard InChI is InChI=1S/C15H13F3IN3O/c1-7(20)9-6-12(13(23)14(17)18)22(2)15(9)21-11-4-3-8(19)5-10(11)16/h3-6,14,21H,1,20H2,2H3. The first kappa shape index (κ1) is 17.4. The van der Waals surface area contributed by atoms with Crippen LogP contribution in [0.15, 0.2) is 30.8 Å². The van der Waals surface area contributed by atoms with Crippen molar-refractivity contribution in [2.45, 2.75) is 6.43 Å². The average Bonchev–Trinajstić information content (AvgIpc) is 2.78. The molecule has 0 bridgehead atoms. The second kappa shape index (κ2) is 6.65. The molecule has 0 unspecified atom stereocenters. The Labute approximate surface area is 144 Å². The van der Waals surface area contributed by atoms with Gasteiger partial charge < -0.3 is 15.6 Å². The van der Waals surface area contributed by atoms with Gasteiger partial charge in [0.1, 0.15) is 11.6 Å². The molecular formula is C15H13F3IN3O. The average molecular weight is 435 g/mol. The van der Waals surface area contributed by atoms with E-state index in [4.69, 9.17) is 5.73 Å². The number of rotatable bonds is 5. The molecule has 8 heteroatoms. The number of aromatic nitrogens is 1. The molecule has 122 valence electrons. The van der Waals surface area contributed by atoms with Crippen molar-refractivity contribution in [2.75, 3.05) is 5.32 Å². The molecule has 0 saturated carbocycles. The number of hydrogen-bond donors (Lipinski definition) is 2. The van der Waals surface area contributed by atoms with Crippen LogP contribution in [0.5, 0.6) is 0 Å². The van der Waals surface area contributed by atoms with Gasteiger partial charge >= 0.3 is 6.43 Å². The molecule has 0 aliphatic rings. The number of benzene rings is 1. The molecule has 0 atom stereocenters. The molecule has 0 saturated heterocycles. The Morgan fingerprint density at radius 3 is 2.57 bits per heavy atom. The van der Waals surface area contributed by atoms with Crippen molar-refractivity contribution >= 4 is 45.6 Å². The zero-order valence-corrected chi connectivity index (χ0v) is 14.2. The number of ketones is 1. The van der Waals surface area contributed by atoms with E-state index in [9.17, 15) is 18.0 Å². The maximum atomic E-state index is 14.0. The van der Waals surface area contributed by atoms with Crippen LogP contribution in [0.1, 0.15) is 16.1 Å². The summed E-state index contributed by atoms with van der Waals surface area (Å²) in [4.78, 5) is 11.6. The van der Waals surface area contributed by atoms with Crippen molar-refractivity contribution in [3.05, 3.63) is 51.5 Å². The van der Waals surface area contributed by atoms with Crippen LogP contribution >= 0.6 is 22.6 Å². The normalized spacial score (nSPS) is 10.9. The lowest BCUT2D eigenvalue weighted by atomic mass is 10.2. The van der Waals surface area contributed by atoms with E-state index in [-0.39, 0.29) is 28.5 Å². The first-order valence-corrected chi connectivity index (χ1v) is 7.49. The zero-order chi connectivity index (χ0) is 17.3. The van der Waals surface area contributed by atoms with E-state index in [1.807, 2.05) is 22.6 Å². The minimum absolute atomic E-state index is 0.0716. The highest BCUT2D eigenvalue weighted by Crippen LogP contribution is 2.30. The smallest absolute Gasteiger partial charge is 0.302 e. The third-order valence-electron chi connectivity index (χ3n) is 3.21. The molecule has 0 aliphatic carbocycles. The van der Waals surface area contributed by atoms with Gasteiger partial charge in [-0.1, -0.05) is 6.58 Å². The third kappa shape index (κ3) is 3.52. The van der Waals surface area contributed by atoms with Gasteiger partial charge in [0.15, 0.2) is 0 Å². The number of alkyl halides is 2. The molecule has 0 radical (unpaired) electrons. The zero-order valence-electron chi connectivity index (χ0n) is 12.0. The lowest BCUT2D eigenvalue weighted by molar-refractivity contribution is 0.0670. The fraction of sp³-hybridized carbons (Fsp3) is 0.133. The number of halogens is 4. The summed E-state index contributed by atoms with van der Waals surface area (Å²) in [6, 6.07) is 5.70. The summed E-state index contributed by atoms with van der Waals surface area (Å²) < 4.78 is 41.2. The molecule has 0 fully saturated rings. The monoisotopic (exact) mass is 435 g/mol. The van der Waals surface area contributed by atoms with Crippen molar-refractivity contribution in [1.82, 2.24) is 4.57 Å². The van der Waals surface area contributed by atoms with Crippen LogP contribution in [-0.4, -0.2) is 16.8 Å². The van der Waals surface area contributed by atoms with E-state index in [2.05, 4.69) is 11.9 Å². The lowest BCUT2D eigenvalue weighted by Crippen LogP contribution is -2.15. The maximum Gasteiger partial charge on any atom is 0.302 e. The van der Waals surface area contributed by atoms with E-state index < -0.39 is 18.0 Å². The molecular weight excluding hydrogens is 422 g/mol. The number of nitrogens with two attached hydrogens (primary N) is 1. The van der Waals surface area contributed by atoms with Crippen LogP contribution in [-0.2, 0) is 7.05 Å². The number of anilines is 2. The minimum Gasteiger partial charge on any atom is -0.399 e. The van der Waals surface area contributed by atoms with Crippen LogP contribution in [0.4, 0.5) is 24.7 Å². The highest BCUT2D eigenvalue weighted by molar-refractivity contribution is 14.1. The number of carbonyl (C=O) groups is 1. The van der Waals surface area contributed by atoms with E-state index in [0.29, 0.717) is 3.57 Å². The van der Waals surface area contributed by atoms with Crippen molar-refractivity contribution in [1.29, 1.82) is 0 Å². The highest BCUT2D eigenvalue weighted by Gasteiger charge is 2.25. The molecule has 1 heterocycles. The van der Waals surface area contributed by atoms with Gasteiger partial charge in [0.2, 0.25) is 5.78 Å². The number of Topliss-reactive ketones (excluding diaryl/α,β-unsaturated/α-hetero) is 1. The summed E-state index contributed by atoms with van der Waals surface area (Å²) in [5.41, 5.74) is 5.87. The summed E-state index contributed by atoms with van der Waals surface area (Å²) in [6.45, 7) is 3.55. The lowest BCUT2D eigenvalue weighted by Gasteiger charge is -2.12. The van der Waals surface area contributed by atoms with E-state index >= 15 is 0 Å². The highest BCUT2D eigenvalue weighted by atomic mass is 127. The van der Waals surface area contributed by atoms with Gasteiger partial charge in [-0.3, -0.25) is 4.79 Å². The molecule has 1 aromatic heterocycles. The van der Waals surface area contributed by atoms with E-state index in [1.165, 1.54) is 29.8 Å². The largest absolute Gasteiger partial charge is 0.399 e. The van der Waals surface area contributed by atoms with E-state index in [1.54, 1.807) is 6.07 Å². The molecule has 0 amide bonds. The van der Waals surface area contributed by atoms with Gasteiger partial charge in [0.05, 0.1) is 11.4 Å². The second-order valence-electron chi connectivity index (χ2n) is 4.79. The first-order chi connectivity index (χ1) is 10.7. The Morgan fingerprint density at radius 2 is 2.04 bits per heavy atom. The summed E-state index contributed by atoms with van der Waals surface area (Å²) in [5.74, 6) is -1.65. The van der Waals surface area contributed by atoms with Gasteiger partial charge in [-0.25, -0.2) is 13.2 Å². The molecule has 1 aromatic carbocycles. The van der Waals surface area contributed by atoms with Crippen LogP contribution in [0.2, 0.25) is 0 Å². The molecule has 23 heavy (non-hydrogen) atoms. The summed E-state index contributed by atoms with van der Waals surface area (Å²) in [7, 11) is 1.41. The Bertz CT molecular complexity index is 787. The Kier molecular flexibility index (Phi) is 5.03. The topological polar surface area (TPSA) is 60.1 Å². The van der Waals surface area contributed by atoms with Gasteiger partial charge in [0, 0.05) is 21.9 Å². The summed E-state index contributed by atoms with van der Waals surface area (Å²) in [6.07, 6.45) is -3.15. The number of nitrogens with zero attached hydrogens (tertiary/aromatic N) is 1. The molecule has 2 aromatic rings. The Hall–Kier alpha value is -1.97. The summed E-state index contributed by atoms with van der Waals surface area (Å²) >= 11 is 1.96. The number of hydrogen-bond acceptors (Lipinski definition) is 3. The molecule has 2 rings (SSSR count). The molecule has 4 nitrogen and oxygen atoms in total. The third-order valence-corrected chi connectivity index (χ3v) is 3.88. The first-order valence-electron chi connectivity index (χ1n) is 6.41. The van der Waals surface area contributed by atoms with Gasteiger partial charge in [0.25, 0.3) is 0 Å². The number of carbonyl (C=O) groups excluding carboxylic acids is 1. The fourth-order valence-electron chi connectivity index (χ4n) is 2.07. The van der Waals surface area contributed by atoms with Crippen molar-refractivity contribution < 1.29 is 18.0 Å². The Morgan fingerprint density at radius 1 is 1.39 bits per heavy atom. The van der Waals surface area contributed by atoms with Gasteiger partial charge in [-0.05, 0) is 46.9 Å². The van der Waals surface area contributed by atoms with Gasteiger partial charge in [-0.2, -0.15) is 0 Å². The van der Waals surface area contributed by atoms with Crippen molar-refractivity contribution in [2.24, 2.45) is 12.8 Å². The van der Waals surface area contributed by atoms with Gasteiger partial charge in [-0.15, -0.1) is 0 Å². The van der Waals surface area contributed by atoms with E-state index in [0.717, 1.165) is 0 Å². The maximum absolute atomic E-state index is 14.0. The number of nitrogens with one attached hydrogen (secondary N) is 1. The second-order valence-corrected chi connectivity index (χ2v) is 6.04. The minimum atomic E-state index is -3.15. The fourth-order valence-corrected chi connectivity index (χ4v) is 2.52. The predicted molar refractivity (Wildman–Crippen MR) is 91.4 cm³/mol. The Balaban J connectivity index is 2.52. The van der Waals surface area contributed by atoms with Crippen LogP contribution in [0, 0.1) is 9.39 Å². The summed E-state index contributed by atoms with van der Waals surface area (Å²) in [5, 5.41) is 2.78. The van der Waals surface area contributed by atoms with Crippen LogP contribution in [0.25, 0.3) is 5.70 Å². The quantitative estimate of drug-likeness (QED) is 0.554.